The Balaban J connectivity index is 1.38. The van der Waals surface area contributed by atoms with Crippen molar-refractivity contribution in [3.8, 4) is 28.3 Å². The van der Waals surface area contributed by atoms with Crippen LogP contribution < -0.4 is 26.1 Å². The zero-order chi connectivity index (χ0) is 29.1. The lowest BCUT2D eigenvalue weighted by molar-refractivity contribution is 0.0951. The monoisotopic (exact) mass is 567 g/mol. The Hall–Kier alpha value is -4.21. The number of nitrogens with one attached hydrogen (secondary N) is 1. The van der Waals surface area contributed by atoms with Gasteiger partial charge in [0.05, 0.1) is 11.1 Å². The van der Waals surface area contributed by atoms with Crippen LogP contribution in [0.4, 0.5) is 10.1 Å². The van der Waals surface area contributed by atoms with E-state index in [0.29, 0.717) is 36.6 Å². The third-order valence-corrected chi connectivity index (χ3v) is 8.62. The maximum absolute atomic E-state index is 15.9. The van der Waals surface area contributed by atoms with Crippen LogP contribution >= 0.6 is 0 Å². The summed E-state index contributed by atoms with van der Waals surface area (Å²) in [4.78, 5) is 31.1. The molecular formula is C33H34FN5O3. The second-order valence-electron chi connectivity index (χ2n) is 11.8. The van der Waals surface area contributed by atoms with Crippen molar-refractivity contribution in [2.45, 2.75) is 31.7 Å². The van der Waals surface area contributed by atoms with Gasteiger partial charge in [0.15, 0.2) is 17.3 Å². The van der Waals surface area contributed by atoms with Gasteiger partial charge in [-0.25, -0.2) is 4.39 Å². The smallest absolute Gasteiger partial charge is 0.256 e. The van der Waals surface area contributed by atoms with Crippen LogP contribution in [-0.2, 0) is 6.42 Å². The molecule has 0 bridgehead atoms. The van der Waals surface area contributed by atoms with Gasteiger partial charge in [0, 0.05) is 31.9 Å². The molecule has 1 amide bonds. The molecule has 1 saturated heterocycles. The molecule has 0 spiro atoms. The molecule has 0 saturated carbocycles. The normalized spacial score (nSPS) is 16.4. The van der Waals surface area contributed by atoms with E-state index in [9.17, 15) is 9.59 Å². The minimum atomic E-state index is -0.563. The predicted octanol–water partition coefficient (Wildman–Crippen LogP) is 4.42. The summed E-state index contributed by atoms with van der Waals surface area (Å²) < 4.78 is 24.3. The second-order valence-corrected chi connectivity index (χ2v) is 11.8. The first kappa shape index (κ1) is 26.7. The molecule has 4 aromatic rings. The SMILES string of the molecule is CN(C)CCCCNC(=O)c1cn2c3c(c(N4CCC(N)C4)c(F)cc3c1=O)Oc1cc3c(cc1-2)Cc1ccccc1-3. The summed E-state index contributed by atoms with van der Waals surface area (Å²) in [5.74, 6) is -0.195. The highest BCUT2D eigenvalue weighted by atomic mass is 19.1. The molecule has 7 rings (SSSR count). The molecule has 9 heteroatoms. The number of nitrogens with zero attached hydrogens (tertiary/aromatic N) is 3. The first-order valence-corrected chi connectivity index (χ1v) is 14.6. The summed E-state index contributed by atoms with van der Waals surface area (Å²) in [5.41, 5.74) is 11.7. The summed E-state index contributed by atoms with van der Waals surface area (Å²) >= 11 is 0. The Bertz CT molecular complexity index is 1810. The molecule has 8 nitrogen and oxygen atoms in total. The lowest BCUT2D eigenvalue weighted by Gasteiger charge is -2.29. The van der Waals surface area contributed by atoms with Gasteiger partial charge < -0.3 is 30.2 Å². The highest BCUT2D eigenvalue weighted by Gasteiger charge is 2.34. The molecule has 1 unspecified atom stereocenters. The van der Waals surface area contributed by atoms with E-state index in [4.69, 9.17) is 10.5 Å². The number of pyridine rings is 1. The highest BCUT2D eigenvalue weighted by Crippen LogP contribution is 2.50. The topological polar surface area (TPSA) is 92.8 Å². The fourth-order valence-electron chi connectivity index (χ4n) is 6.53. The number of nitrogens with two attached hydrogens (primary N) is 1. The van der Waals surface area contributed by atoms with E-state index in [2.05, 4.69) is 28.4 Å². The average Bonchev–Trinajstić information content (AvgIpc) is 3.55. The number of ether oxygens (including phenoxy) is 1. The summed E-state index contributed by atoms with van der Waals surface area (Å²) in [7, 11) is 4.01. The van der Waals surface area contributed by atoms with Crippen LogP contribution in [0.5, 0.6) is 11.5 Å². The van der Waals surface area contributed by atoms with Gasteiger partial charge in [-0.2, -0.15) is 0 Å². The molecular weight excluding hydrogens is 533 g/mol. The van der Waals surface area contributed by atoms with Crippen molar-refractivity contribution in [3.63, 3.8) is 0 Å². The Labute approximate surface area is 243 Å². The van der Waals surface area contributed by atoms with Gasteiger partial charge >= 0.3 is 0 Å². The minimum absolute atomic E-state index is 0.0203. The van der Waals surface area contributed by atoms with E-state index in [1.807, 2.05) is 41.8 Å². The van der Waals surface area contributed by atoms with Gasteiger partial charge in [0.1, 0.15) is 16.8 Å². The van der Waals surface area contributed by atoms with Gasteiger partial charge in [-0.05, 0) is 86.8 Å². The van der Waals surface area contributed by atoms with Crippen LogP contribution in [0.15, 0.2) is 53.5 Å². The zero-order valence-corrected chi connectivity index (χ0v) is 23.9. The molecule has 1 aliphatic carbocycles. The second kappa shape index (κ2) is 10.3. The number of hydrogen-bond acceptors (Lipinski definition) is 6. The third kappa shape index (κ3) is 4.35. The molecule has 2 aliphatic heterocycles. The van der Waals surface area contributed by atoms with E-state index in [-0.39, 0.29) is 22.7 Å². The number of anilines is 1. The quantitative estimate of drug-likeness (QED) is 0.278. The van der Waals surface area contributed by atoms with Gasteiger partial charge in [0.2, 0.25) is 5.43 Å². The molecule has 3 N–H and O–H groups in total. The number of halogens is 1. The molecule has 1 aromatic heterocycles. The minimum Gasteiger partial charge on any atom is -0.451 e. The first-order valence-electron chi connectivity index (χ1n) is 14.6. The summed E-state index contributed by atoms with van der Waals surface area (Å²) in [6.45, 7) is 2.43. The van der Waals surface area contributed by atoms with E-state index < -0.39 is 17.2 Å². The van der Waals surface area contributed by atoms with E-state index >= 15 is 4.39 Å². The van der Waals surface area contributed by atoms with Crippen molar-refractivity contribution in [1.29, 1.82) is 0 Å². The maximum Gasteiger partial charge on any atom is 0.256 e. The van der Waals surface area contributed by atoms with Gasteiger partial charge in [-0.1, -0.05) is 24.3 Å². The average molecular weight is 568 g/mol. The van der Waals surface area contributed by atoms with Crippen molar-refractivity contribution in [2.24, 2.45) is 5.73 Å². The zero-order valence-electron chi connectivity index (χ0n) is 23.9. The Kier molecular flexibility index (Phi) is 6.51. The standard InChI is InChI=1S/C33H34FN5O3/c1-37(2)11-6-5-10-36-33(41)25-18-39-27-14-20-13-19-7-3-4-8-22(19)23(20)16-28(27)42-32-29(39)24(31(25)40)15-26(34)30(32)38-12-9-21(35)17-38/h3-4,7-8,14-16,18,21H,5-6,9-13,17,35H2,1-2H3,(H,36,41). The molecule has 1 atom stereocenters. The summed E-state index contributed by atoms with van der Waals surface area (Å²) in [6.07, 6.45) is 4.81. The van der Waals surface area contributed by atoms with Crippen LogP contribution in [0.25, 0.3) is 27.7 Å². The number of amides is 1. The molecule has 3 aromatic carbocycles. The van der Waals surface area contributed by atoms with Crippen molar-refractivity contribution >= 4 is 22.5 Å². The molecule has 0 radical (unpaired) electrons. The lowest BCUT2D eigenvalue weighted by atomic mass is 10.0. The van der Waals surface area contributed by atoms with E-state index in [1.165, 1.54) is 11.6 Å². The number of unbranched alkanes of at least 4 members (excludes halogenated alkanes) is 1. The fraction of sp³-hybridized carbons (Fsp3) is 0.333. The third-order valence-electron chi connectivity index (χ3n) is 8.62. The number of aromatic nitrogens is 1. The fourth-order valence-corrected chi connectivity index (χ4v) is 6.53. The van der Waals surface area contributed by atoms with Gasteiger partial charge in [0.25, 0.3) is 5.91 Å². The number of rotatable bonds is 7. The van der Waals surface area contributed by atoms with Gasteiger partial charge in [-0.15, -0.1) is 0 Å². The van der Waals surface area contributed by atoms with Crippen LogP contribution in [-0.4, -0.2) is 61.7 Å². The van der Waals surface area contributed by atoms with Crippen molar-refractivity contribution in [2.75, 3.05) is 45.2 Å². The number of carbonyl (C=O) groups is 1. The van der Waals surface area contributed by atoms with Crippen LogP contribution in [0.3, 0.4) is 0 Å². The summed E-state index contributed by atoms with van der Waals surface area (Å²) in [5, 5.41) is 3.01. The largest absolute Gasteiger partial charge is 0.451 e. The van der Waals surface area contributed by atoms with Crippen LogP contribution in [0, 0.1) is 5.82 Å². The predicted molar refractivity (Wildman–Crippen MR) is 163 cm³/mol. The Morgan fingerprint density at radius 1 is 1.14 bits per heavy atom. The number of fused-ring (bicyclic) bond motifs is 5. The van der Waals surface area contributed by atoms with Crippen molar-refractivity contribution in [3.05, 3.63) is 81.4 Å². The molecule has 3 aliphatic rings. The molecule has 1 fully saturated rings. The van der Waals surface area contributed by atoms with Crippen LogP contribution in [0.2, 0.25) is 0 Å². The van der Waals surface area contributed by atoms with E-state index in [0.717, 1.165) is 54.6 Å². The van der Waals surface area contributed by atoms with Crippen molar-refractivity contribution < 1.29 is 13.9 Å². The van der Waals surface area contributed by atoms with Crippen molar-refractivity contribution in [1.82, 2.24) is 14.8 Å². The molecule has 216 valence electrons. The summed E-state index contributed by atoms with van der Waals surface area (Å²) in [6, 6.07) is 13.5. The number of hydrogen-bond donors (Lipinski definition) is 2. The molecule has 42 heavy (non-hydrogen) atoms. The van der Waals surface area contributed by atoms with Crippen LogP contribution in [0.1, 0.15) is 40.7 Å². The number of carbonyl (C=O) groups excluding carboxylic acids is 1. The van der Waals surface area contributed by atoms with E-state index in [1.54, 1.807) is 6.20 Å². The van der Waals surface area contributed by atoms with Gasteiger partial charge in [-0.3, -0.25) is 9.59 Å². The molecule has 3 heterocycles. The lowest BCUT2D eigenvalue weighted by Crippen LogP contribution is -2.32. The highest BCUT2D eigenvalue weighted by molar-refractivity contribution is 6.01. The maximum atomic E-state index is 15.9. The Morgan fingerprint density at radius 2 is 1.98 bits per heavy atom. The Morgan fingerprint density at radius 3 is 2.76 bits per heavy atom. The first-order chi connectivity index (χ1) is 20.3. The number of benzene rings is 3.